The number of fused-ring (bicyclic) bond motifs is 1. The lowest BCUT2D eigenvalue weighted by molar-refractivity contribution is -0.141. The van der Waals surface area contributed by atoms with Gasteiger partial charge in [-0.1, -0.05) is 18.2 Å². The van der Waals surface area contributed by atoms with Gasteiger partial charge >= 0.3 is 5.97 Å². The lowest BCUT2D eigenvalue weighted by atomic mass is 10.0. The van der Waals surface area contributed by atoms with Gasteiger partial charge in [-0.3, -0.25) is 14.6 Å². The number of carbonyl (C=O) groups is 2. The fourth-order valence-electron chi connectivity index (χ4n) is 1.88. The summed E-state index contributed by atoms with van der Waals surface area (Å²) in [7, 11) is 1.32. The van der Waals surface area contributed by atoms with Crippen LogP contribution in [-0.4, -0.2) is 23.8 Å². The molecule has 1 heterocycles. The number of rotatable bonds is 5. The molecule has 0 saturated heterocycles. The van der Waals surface area contributed by atoms with E-state index in [9.17, 15) is 9.59 Å². The van der Waals surface area contributed by atoms with Crippen molar-refractivity contribution in [3.63, 3.8) is 0 Å². The van der Waals surface area contributed by atoms with Crippen LogP contribution in [0.5, 0.6) is 0 Å². The third-order valence-corrected chi connectivity index (χ3v) is 2.91. The zero-order chi connectivity index (χ0) is 13.7. The highest BCUT2D eigenvalue weighted by molar-refractivity contribution is 5.86. The fourth-order valence-corrected chi connectivity index (χ4v) is 1.88. The summed E-state index contributed by atoms with van der Waals surface area (Å²) in [6, 6.07) is 9.63. The maximum absolute atomic E-state index is 11.7. The maximum Gasteiger partial charge on any atom is 0.305 e. The van der Waals surface area contributed by atoms with Crippen LogP contribution in [-0.2, 0) is 20.7 Å². The number of ether oxygens (including phenoxy) is 1. The van der Waals surface area contributed by atoms with Crippen molar-refractivity contribution in [1.29, 1.82) is 0 Å². The van der Waals surface area contributed by atoms with Gasteiger partial charge in [-0.2, -0.15) is 0 Å². The first-order valence-corrected chi connectivity index (χ1v) is 6.11. The molecule has 0 saturated carbocycles. The number of hydrogen-bond acceptors (Lipinski definition) is 4. The number of carbonyl (C=O) groups excluding carboxylic acids is 2. The largest absolute Gasteiger partial charge is 0.469 e. The monoisotopic (exact) mass is 257 g/mol. The first-order chi connectivity index (χ1) is 9.19. The summed E-state index contributed by atoms with van der Waals surface area (Å²) in [4.78, 5) is 27.0. The third kappa shape index (κ3) is 3.61. The summed E-state index contributed by atoms with van der Waals surface area (Å²) < 4.78 is 4.51. The highest BCUT2D eigenvalue weighted by Crippen LogP contribution is 2.14. The Kier molecular flexibility index (Phi) is 4.23. The van der Waals surface area contributed by atoms with Crippen LogP contribution in [0.25, 0.3) is 10.9 Å². The predicted molar refractivity (Wildman–Crippen MR) is 71.7 cm³/mol. The Labute approximate surface area is 111 Å². The standard InChI is InChI=1S/C15H15NO3/c1-19-15(18)7-6-13(17)9-11-4-5-12-3-2-8-16-14(12)10-11/h2-5,8,10H,6-7,9H2,1H3. The van der Waals surface area contributed by atoms with Gasteiger partial charge in [0.2, 0.25) is 0 Å². The van der Waals surface area contributed by atoms with Crippen molar-refractivity contribution in [1.82, 2.24) is 4.98 Å². The van der Waals surface area contributed by atoms with Gasteiger partial charge in [0.05, 0.1) is 19.0 Å². The summed E-state index contributed by atoms with van der Waals surface area (Å²) in [6.07, 6.45) is 2.41. The Balaban J connectivity index is 2.01. The molecule has 19 heavy (non-hydrogen) atoms. The van der Waals surface area contributed by atoms with Crippen molar-refractivity contribution in [2.45, 2.75) is 19.3 Å². The minimum Gasteiger partial charge on any atom is -0.469 e. The minimum atomic E-state index is -0.353. The Morgan fingerprint density at radius 3 is 2.84 bits per heavy atom. The van der Waals surface area contributed by atoms with Gasteiger partial charge in [-0.25, -0.2) is 0 Å². The molecule has 0 fully saturated rings. The van der Waals surface area contributed by atoms with E-state index in [1.807, 2.05) is 30.3 Å². The zero-order valence-corrected chi connectivity index (χ0v) is 10.8. The molecule has 0 spiro atoms. The van der Waals surface area contributed by atoms with E-state index >= 15 is 0 Å². The third-order valence-electron chi connectivity index (χ3n) is 2.91. The molecule has 98 valence electrons. The summed E-state index contributed by atoms with van der Waals surface area (Å²) in [5, 5.41) is 1.05. The number of nitrogens with zero attached hydrogens (tertiary/aromatic N) is 1. The normalized spacial score (nSPS) is 10.4. The Bertz CT molecular complexity index is 607. The lowest BCUT2D eigenvalue weighted by Crippen LogP contribution is -2.07. The number of ketones is 1. The number of benzene rings is 1. The molecule has 0 amide bonds. The van der Waals surface area contributed by atoms with Gasteiger partial charge in [0.1, 0.15) is 5.78 Å². The summed E-state index contributed by atoms with van der Waals surface area (Å²) in [6.45, 7) is 0. The molecule has 0 unspecified atom stereocenters. The predicted octanol–water partition coefficient (Wildman–Crippen LogP) is 2.30. The quantitative estimate of drug-likeness (QED) is 0.771. The Morgan fingerprint density at radius 1 is 1.21 bits per heavy atom. The maximum atomic E-state index is 11.7. The Hall–Kier alpha value is -2.23. The number of hydrogen-bond donors (Lipinski definition) is 0. The number of methoxy groups -OCH3 is 1. The van der Waals surface area contributed by atoms with Crippen molar-refractivity contribution in [2.24, 2.45) is 0 Å². The summed E-state index contributed by atoms with van der Waals surface area (Å²) in [5.74, 6) is -0.325. The van der Waals surface area contributed by atoms with E-state index in [2.05, 4.69) is 9.72 Å². The van der Waals surface area contributed by atoms with Gasteiger partial charge in [0, 0.05) is 24.4 Å². The zero-order valence-electron chi connectivity index (χ0n) is 10.8. The van der Waals surface area contributed by atoms with E-state index < -0.39 is 0 Å². The van der Waals surface area contributed by atoms with Crippen LogP contribution in [0.1, 0.15) is 18.4 Å². The van der Waals surface area contributed by atoms with E-state index in [1.165, 1.54) is 7.11 Å². The number of pyridine rings is 1. The van der Waals surface area contributed by atoms with Crippen molar-refractivity contribution >= 4 is 22.7 Å². The van der Waals surface area contributed by atoms with Crippen LogP contribution in [0.2, 0.25) is 0 Å². The van der Waals surface area contributed by atoms with Crippen LogP contribution in [0, 0.1) is 0 Å². The molecule has 2 rings (SSSR count). The molecular formula is C15H15NO3. The van der Waals surface area contributed by atoms with Gasteiger partial charge in [0.25, 0.3) is 0 Å². The van der Waals surface area contributed by atoms with E-state index in [-0.39, 0.29) is 24.6 Å². The van der Waals surface area contributed by atoms with Gasteiger partial charge < -0.3 is 4.74 Å². The second-order valence-electron chi connectivity index (χ2n) is 4.32. The molecular weight excluding hydrogens is 242 g/mol. The van der Waals surface area contributed by atoms with Crippen LogP contribution in [0.4, 0.5) is 0 Å². The molecule has 0 bridgehead atoms. The average molecular weight is 257 g/mol. The highest BCUT2D eigenvalue weighted by Gasteiger charge is 2.08. The van der Waals surface area contributed by atoms with E-state index in [1.54, 1.807) is 6.20 Å². The number of esters is 1. The molecule has 2 aromatic rings. The fraction of sp³-hybridized carbons (Fsp3) is 0.267. The van der Waals surface area contributed by atoms with E-state index in [0.29, 0.717) is 6.42 Å². The van der Waals surface area contributed by atoms with Crippen LogP contribution in [0.3, 0.4) is 0 Å². The van der Waals surface area contributed by atoms with Crippen molar-refractivity contribution in [3.05, 3.63) is 42.1 Å². The molecule has 4 heteroatoms. The molecule has 0 aliphatic carbocycles. The van der Waals surface area contributed by atoms with Gasteiger partial charge in [-0.15, -0.1) is 0 Å². The highest BCUT2D eigenvalue weighted by atomic mass is 16.5. The summed E-state index contributed by atoms with van der Waals surface area (Å²) >= 11 is 0. The van der Waals surface area contributed by atoms with Crippen molar-refractivity contribution < 1.29 is 14.3 Å². The first-order valence-electron chi connectivity index (χ1n) is 6.11. The van der Waals surface area contributed by atoms with Crippen LogP contribution < -0.4 is 0 Å². The molecule has 4 nitrogen and oxygen atoms in total. The molecule has 1 aromatic heterocycles. The molecule has 0 aliphatic rings. The minimum absolute atomic E-state index is 0.0284. The van der Waals surface area contributed by atoms with E-state index in [4.69, 9.17) is 0 Å². The van der Waals surface area contributed by atoms with Crippen LogP contribution in [0.15, 0.2) is 36.5 Å². The van der Waals surface area contributed by atoms with Gasteiger partial charge in [0.15, 0.2) is 0 Å². The number of aromatic nitrogens is 1. The SMILES string of the molecule is COC(=O)CCC(=O)Cc1ccc2cccnc2c1. The summed E-state index contributed by atoms with van der Waals surface area (Å²) in [5.41, 5.74) is 1.79. The average Bonchev–Trinajstić information content (AvgIpc) is 2.44. The molecule has 0 radical (unpaired) electrons. The van der Waals surface area contributed by atoms with Gasteiger partial charge in [-0.05, 0) is 17.7 Å². The molecule has 0 N–H and O–H groups in total. The van der Waals surface area contributed by atoms with Crippen molar-refractivity contribution in [3.8, 4) is 0 Å². The number of Topliss-reactive ketones (excluding diaryl/α,β-unsaturated/α-hetero) is 1. The lowest BCUT2D eigenvalue weighted by Gasteiger charge is -2.03. The second kappa shape index (κ2) is 6.09. The Morgan fingerprint density at radius 2 is 2.05 bits per heavy atom. The van der Waals surface area contributed by atoms with Crippen LogP contribution >= 0.6 is 0 Å². The molecule has 0 aliphatic heterocycles. The first kappa shape index (κ1) is 13.2. The smallest absolute Gasteiger partial charge is 0.305 e. The van der Waals surface area contributed by atoms with Crippen molar-refractivity contribution in [2.75, 3.05) is 7.11 Å². The van der Waals surface area contributed by atoms with E-state index in [0.717, 1.165) is 16.5 Å². The second-order valence-corrected chi connectivity index (χ2v) is 4.32. The molecule has 0 atom stereocenters. The topological polar surface area (TPSA) is 56.3 Å². The molecule has 1 aromatic carbocycles.